The third kappa shape index (κ3) is 6.57. The number of aldehydes is 2. The monoisotopic (exact) mass is 241 g/mol. The lowest BCUT2D eigenvalue weighted by atomic mass is 9.76. The molecule has 2 N–H and O–H groups in total. The van der Waals surface area contributed by atoms with Gasteiger partial charge in [-0.3, -0.25) is 0 Å². The number of unbranched alkanes of at least 4 members (excludes halogenated alkanes) is 4. The van der Waals surface area contributed by atoms with E-state index in [1.807, 2.05) is 6.92 Å². The Morgan fingerprint density at radius 2 is 1.76 bits per heavy atom. The second-order valence-electron chi connectivity index (χ2n) is 5.00. The van der Waals surface area contributed by atoms with E-state index in [1.165, 1.54) is 25.7 Å². The Labute approximate surface area is 105 Å². The predicted molar refractivity (Wildman–Crippen MR) is 70.8 cm³/mol. The van der Waals surface area contributed by atoms with E-state index < -0.39 is 6.04 Å². The van der Waals surface area contributed by atoms with Gasteiger partial charge in [-0.2, -0.15) is 0 Å². The highest BCUT2D eigenvalue weighted by atomic mass is 16.1. The molecule has 0 aliphatic heterocycles. The van der Waals surface area contributed by atoms with Gasteiger partial charge in [0.1, 0.15) is 12.6 Å². The largest absolute Gasteiger partial charge is 0.322 e. The van der Waals surface area contributed by atoms with Gasteiger partial charge in [0.15, 0.2) is 0 Å². The predicted octanol–water partition coefficient (Wildman–Crippen LogP) is 2.86. The van der Waals surface area contributed by atoms with Gasteiger partial charge >= 0.3 is 0 Å². The lowest BCUT2D eigenvalue weighted by Crippen LogP contribution is -2.33. The molecule has 0 aromatic rings. The van der Waals surface area contributed by atoms with Crippen LogP contribution in [-0.4, -0.2) is 18.6 Å². The SMILES string of the molecule is CCCCCCCC(C=O)(CC)C[C@H](N)C=O. The smallest absolute Gasteiger partial charge is 0.136 e. The average Bonchev–Trinajstić information content (AvgIpc) is 2.37. The Morgan fingerprint density at radius 3 is 2.24 bits per heavy atom. The normalized spacial score (nSPS) is 16.2. The van der Waals surface area contributed by atoms with Gasteiger partial charge < -0.3 is 15.3 Å². The van der Waals surface area contributed by atoms with Gasteiger partial charge in [-0.1, -0.05) is 46.0 Å². The summed E-state index contributed by atoms with van der Waals surface area (Å²) in [6, 6.07) is -0.504. The van der Waals surface area contributed by atoms with Crippen LogP contribution in [0.15, 0.2) is 0 Å². The van der Waals surface area contributed by atoms with Gasteiger partial charge in [0.05, 0.1) is 6.04 Å². The van der Waals surface area contributed by atoms with Crippen molar-refractivity contribution in [2.45, 2.75) is 71.3 Å². The third-order valence-corrected chi connectivity index (χ3v) is 3.55. The second-order valence-corrected chi connectivity index (χ2v) is 5.00. The van der Waals surface area contributed by atoms with Gasteiger partial charge in [0.25, 0.3) is 0 Å². The lowest BCUT2D eigenvalue weighted by Gasteiger charge is -2.27. The molecule has 1 unspecified atom stereocenters. The first-order valence-electron chi connectivity index (χ1n) is 6.81. The molecule has 0 radical (unpaired) electrons. The average molecular weight is 241 g/mol. The highest BCUT2D eigenvalue weighted by Gasteiger charge is 2.29. The van der Waals surface area contributed by atoms with Crippen molar-refractivity contribution in [3.8, 4) is 0 Å². The molecule has 2 atom stereocenters. The van der Waals surface area contributed by atoms with Gasteiger partial charge in [-0.25, -0.2) is 0 Å². The van der Waals surface area contributed by atoms with Crippen molar-refractivity contribution in [1.29, 1.82) is 0 Å². The molecule has 0 aromatic heterocycles. The van der Waals surface area contributed by atoms with E-state index in [-0.39, 0.29) is 5.41 Å². The fraction of sp³-hybridized carbons (Fsp3) is 0.857. The van der Waals surface area contributed by atoms with E-state index in [1.54, 1.807) is 0 Å². The summed E-state index contributed by atoms with van der Waals surface area (Å²) in [5.74, 6) is 0. The van der Waals surface area contributed by atoms with Crippen LogP contribution in [0.1, 0.15) is 65.2 Å². The zero-order chi connectivity index (χ0) is 13.1. The molecule has 0 rings (SSSR count). The Bertz CT molecular complexity index is 218. The third-order valence-electron chi connectivity index (χ3n) is 3.55. The first kappa shape index (κ1) is 16.3. The van der Waals surface area contributed by atoms with Crippen LogP contribution in [0.2, 0.25) is 0 Å². The van der Waals surface area contributed by atoms with E-state index >= 15 is 0 Å². The molecule has 0 spiro atoms. The summed E-state index contributed by atoms with van der Waals surface area (Å²) < 4.78 is 0. The molecule has 0 aliphatic carbocycles. The van der Waals surface area contributed by atoms with Gasteiger partial charge in [0, 0.05) is 5.41 Å². The molecule has 0 amide bonds. The maximum Gasteiger partial charge on any atom is 0.136 e. The van der Waals surface area contributed by atoms with Gasteiger partial charge in [-0.05, 0) is 19.3 Å². The summed E-state index contributed by atoms with van der Waals surface area (Å²) in [4.78, 5) is 21.8. The summed E-state index contributed by atoms with van der Waals surface area (Å²) in [5, 5.41) is 0. The van der Waals surface area contributed by atoms with Crippen LogP contribution in [0, 0.1) is 5.41 Å². The fourth-order valence-electron chi connectivity index (χ4n) is 2.21. The first-order chi connectivity index (χ1) is 8.14. The minimum absolute atomic E-state index is 0.382. The minimum atomic E-state index is -0.504. The molecular weight excluding hydrogens is 214 g/mol. The van der Waals surface area contributed by atoms with Crippen molar-refractivity contribution in [3.63, 3.8) is 0 Å². The zero-order valence-corrected chi connectivity index (χ0v) is 11.3. The molecule has 0 saturated heterocycles. The first-order valence-corrected chi connectivity index (χ1v) is 6.81. The summed E-state index contributed by atoms with van der Waals surface area (Å²) in [7, 11) is 0. The number of carbonyl (C=O) groups is 2. The van der Waals surface area contributed by atoms with Crippen LogP contribution in [0.4, 0.5) is 0 Å². The molecule has 0 aliphatic rings. The molecular formula is C14H27NO2. The highest BCUT2D eigenvalue weighted by Crippen LogP contribution is 2.31. The van der Waals surface area contributed by atoms with E-state index in [0.717, 1.165) is 31.8 Å². The van der Waals surface area contributed by atoms with Crippen LogP contribution in [0.5, 0.6) is 0 Å². The molecule has 100 valence electrons. The minimum Gasteiger partial charge on any atom is -0.322 e. The fourth-order valence-corrected chi connectivity index (χ4v) is 2.21. The van der Waals surface area contributed by atoms with Crippen molar-refractivity contribution in [3.05, 3.63) is 0 Å². The number of nitrogens with two attached hydrogens (primary N) is 1. The maximum absolute atomic E-state index is 11.3. The topological polar surface area (TPSA) is 60.2 Å². The quantitative estimate of drug-likeness (QED) is 0.447. The summed E-state index contributed by atoms with van der Waals surface area (Å²) in [6.07, 6.45) is 9.80. The highest BCUT2D eigenvalue weighted by molar-refractivity contribution is 5.63. The van der Waals surface area contributed by atoms with Crippen LogP contribution in [-0.2, 0) is 9.59 Å². The van der Waals surface area contributed by atoms with Crippen LogP contribution >= 0.6 is 0 Å². The molecule has 0 saturated carbocycles. The van der Waals surface area contributed by atoms with Crippen molar-refractivity contribution >= 4 is 12.6 Å². The van der Waals surface area contributed by atoms with Crippen LogP contribution < -0.4 is 5.73 Å². The molecule has 3 heteroatoms. The number of hydrogen-bond donors (Lipinski definition) is 1. The molecule has 0 fully saturated rings. The van der Waals surface area contributed by atoms with Gasteiger partial charge in [0.2, 0.25) is 0 Å². The molecule has 0 aromatic carbocycles. The zero-order valence-electron chi connectivity index (χ0n) is 11.3. The molecule has 17 heavy (non-hydrogen) atoms. The van der Waals surface area contributed by atoms with E-state index in [2.05, 4.69) is 6.92 Å². The van der Waals surface area contributed by atoms with Crippen molar-refractivity contribution in [2.24, 2.45) is 11.1 Å². The summed E-state index contributed by atoms with van der Waals surface area (Å²) in [6.45, 7) is 4.18. The number of hydrogen-bond acceptors (Lipinski definition) is 3. The summed E-state index contributed by atoms with van der Waals surface area (Å²) >= 11 is 0. The lowest BCUT2D eigenvalue weighted by molar-refractivity contribution is -0.118. The maximum atomic E-state index is 11.3. The van der Waals surface area contributed by atoms with Crippen LogP contribution in [0.3, 0.4) is 0 Å². The van der Waals surface area contributed by atoms with Gasteiger partial charge in [-0.15, -0.1) is 0 Å². The number of carbonyl (C=O) groups excluding carboxylic acids is 2. The molecule has 0 heterocycles. The molecule has 3 nitrogen and oxygen atoms in total. The van der Waals surface area contributed by atoms with E-state index in [9.17, 15) is 9.59 Å². The molecule has 0 bridgehead atoms. The van der Waals surface area contributed by atoms with E-state index in [0.29, 0.717) is 6.42 Å². The standard InChI is InChI=1S/C14H27NO2/c1-3-5-6-7-8-9-14(4-2,12-17)10-13(15)11-16/h11-13H,3-10,15H2,1-2H3/t13-,14?/m0/s1. The van der Waals surface area contributed by atoms with Crippen molar-refractivity contribution in [2.75, 3.05) is 0 Å². The second kappa shape index (κ2) is 9.34. The Balaban J connectivity index is 4.11. The van der Waals surface area contributed by atoms with Crippen LogP contribution in [0.25, 0.3) is 0 Å². The summed E-state index contributed by atoms with van der Waals surface area (Å²) in [5.41, 5.74) is 5.25. The van der Waals surface area contributed by atoms with E-state index in [4.69, 9.17) is 5.73 Å². The number of rotatable bonds is 11. The Hall–Kier alpha value is -0.700. The Kier molecular flexibility index (Phi) is 8.96. The van der Waals surface area contributed by atoms with Crippen molar-refractivity contribution < 1.29 is 9.59 Å². The Morgan fingerprint density at radius 1 is 1.12 bits per heavy atom. The van der Waals surface area contributed by atoms with Crippen molar-refractivity contribution in [1.82, 2.24) is 0 Å².